The lowest BCUT2D eigenvalue weighted by atomic mass is 10.0. The van der Waals surface area contributed by atoms with Gasteiger partial charge in [-0.1, -0.05) is 29.5 Å². The molecule has 1 unspecified atom stereocenters. The van der Waals surface area contributed by atoms with Crippen molar-refractivity contribution in [1.29, 1.82) is 0 Å². The van der Waals surface area contributed by atoms with Gasteiger partial charge >= 0.3 is 0 Å². The maximum atomic E-state index is 12.2. The number of rotatable bonds is 8. The fourth-order valence-electron chi connectivity index (χ4n) is 3.20. The van der Waals surface area contributed by atoms with Gasteiger partial charge in [0.2, 0.25) is 5.91 Å². The van der Waals surface area contributed by atoms with E-state index in [-0.39, 0.29) is 11.9 Å². The van der Waals surface area contributed by atoms with Gasteiger partial charge in [-0.3, -0.25) is 4.79 Å². The van der Waals surface area contributed by atoms with Gasteiger partial charge in [-0.15, -0.1) is 10.2 Å². The number of nitrogens with zero attached hydrogens (tertiary/aromatic N) is 3. The number of benzene rings is 1. The molecule has 1 aromatic heterocycles. The Bertz CT molecular complexity index is 674. The maximum Gasteiger partial charge on any atom is 0.220 e. The van der Waals surface area contributed by atoms with E-state index in [1.165, 1.54) is 24.0 Å². The van der Waals surface area contributed by atoms with Gasteiger partial charge in [0, 0.05) is 6.42 Å². The van der Waals surface area contributed by atoms with Crippen molar-refractivity contribution >= 4 is 5.91 Å². The van der Waals surface area contributed by atoms with Gasteiger partial charge in [-0.05, 0) is 61.5 Å². The molecule has 2 aliphatic rings. The Balaban J connectivity index is 1.24. The summed E-state index contributed by atoms with van der Waals surface area (Å²) in [6.07, 6.45) is 7.24. The van der Waals surface area contributed by atoms with E-state index < -0.39 is 0 Å². The molecule has 1 heterocycles. The van der Waals surface area contributed by atoms with E-state index in [2.05, 4.69) is 50.2 Å². The van der Waals surface area contributed by atoms with Crippen LogP contribution in [0.1, 0.15) is 67.4 Å². The van der Waals surface area contributed by atoms with Crippen LogP contribution in [0.25, 0.3) is 0 Å². The van der Waals surface area contributed by atoms with Crippen LogP contribution in [-0.4, -0.2) is 26.5 Å². The highest BCUT2D eigenvalue weighted by Crippen LogP contribution is 2.40. The lowest BCUT2D eigenvalue weighted by Crippen LogP contribution is -2.30. The maximum absolute atomic E-state index is 12.2. The molecule has 2 aliphatic carbocycles. The van der Waals surface area contributed by atoms with Crippen molar-refractivity contribution in [1.82, 2.24) is 25.9 Å². The summed E-state index contributed by atoms with van der Waals surface area (Å²) in [4.78, 5) is 12.2. The number of carbonyl (C=O) groups excluding carboxylic acids is 1. The monoisotopic (exact) mass is 325 g/mol. The summed E-state index contributed by atoms with van der Waals surface area (Å²) >= 11 is 0. The zero-order chi connectivity index (χ0) is 16.4. The quantitative estimate of drug-likeness (QED) is 0.781. The molecule has 0 bridgehead atoms. The number of hydrogen-bond donors (Lipinski definition) is 2. The van der Waals surface area contributed by atoms with E-state index in [1.54, 1.807) is 0 Å². The van der Waals surface area contributed by atoms with Crippen molar-refractivity contribution < 1.29 is 4.79 Å². The Morgan fingerprint density at radius 3 is 2.62 bits per heavy atom. The van der Waals surface area contributed by atoms with Gasteiger partial charge in [0.05, 0.1) is 6.04 Å². The average Bonchev–Trinajstić information content (AvgIpc) is 3.52. The second-order valence-electron chi connectivity index (χ2n) is 7.02. The second kappa shape index (κ2) is 6.71. The van der Waals surface area contributed by atoms with E-state index in [9.17, 15) is 4.79 Å². The topological polar surface area (TPSA) is 83.6 Å². The normalized spacial score (nSPS) is 18.3. The number of amides is 1. The van der Waals surface area contributed by atoms with Crippen LogP contribution >= 0.6 is 0 Å². The largest absolute Gasteiger partial charge is 0.346 e. The zero-order valence-electron chi connectivity index (χ0n) is 13.7. The number of hydrogen-bond acceptors (Lipinski definition) is 4. The van der Waals surface area contributed by atoms with Crippen LogP contribution in [0, 0.1) is 5.92 Å². The SMILES string of the molecule is O=C(CCCc1ccc(C2CC2)cc1)NC(c1nn[nH]n1)C1CC1. The van der Waals surface area contributed by atoms with Crippen LogP contribution in [0.15, 0.2) is 24.3 Å². The van der Waals surface area contributed by atoms with Gasteiger partial charge in [0.25, 0.3) is 0 Å². The first-order valence-corrected chi connectivity index (χ1v) is 8.91. The highest BCUT2D eigenvalue weighted by molar-refractivity contribution is 5.76. The molecular formula is C18H23N5O. The number of nitrogens with one attached hydrogen (secondary N) is 2. The Morgan fingerprint density at radius 1 is 1.21 bits per heavy atom. The first-order chi connectivity index (χ1) is 11.8. The summed E-state index contributed by atoms with van der Waals surface area (Å²) < 4.78 is 0. The van der Waals surface area contributed by atoms with Crippen molar-refractivity contribution in [2.24, 2.45) is 5.92 Å². The van der Waals surface area contributed by atoms with Crippen molar-refractivity contribution in [3.8, 4) is 0 Å². The van der Waals surface area contributed by atoms with Crippen molar-refractivity contribution in [2.75, 3.05) is 0 Å². The molecule has 1 aromatic carbocycles. The summed E-state index contributed by atoms with van der Waals surface area (Å²) in [5, 5.41) is 17.2. The number of aryl methyl sites for hydroxylation is 1. The predicted octanol–water partition coefficient (Wildman–Crippen LogP) is 2.67. The summed E-state index contributed by atoms with van der Waals surface area (Å²) in [6.45, 7) is 0. The van der Waals surface area contributed by atoms with Crippen molar-refractivity contribution in [3.63, 3.8) is 0 Å². The van der Waals surface area contributed by atoms with Crippen LogP contribution in [-0.2, 0) is 11.2 Å². The Morgan fingerprint density at radius 2 is 2.00 bits per heavy atom. The number of aromatic amines is 1. The van der Waals surface area contributed by atoms with Crippen LogP contribution in [0.5, 0.6) is 0 Å². The van der Waals surface area contributed by atoms with Gasteiger partial charge in [0.15, 0.2) is 5.82 Å². The van der Waals surface area contributed by atoms with Crippen LogP contribution in [0.3, 0.4) is 0 Å². The summed E-state index contributed by atoms with van der Waals surface area (Å²) in [7, 11) is 0. The molecule has 2 aromatic rings. The lowest BCUT2D eigenvalue weighted by molar-refractivity contribution is -0.122. The molecule has 24 heavy (non-hydrogen) atoms. The molecule has 2 N–H and O–H groups in total. The van der Waals surface area contributed by atoms with Gasteiger partial charge in [0.1, 0.15) is 0 Å². The third kappa shape index (κ3) is 3.80. The predicted molar refractivity (Wildman–Crippen MR) is 89.1 cm³/mol. The third-order valence-corrected chi connectivity index (χ3v) is 4.95. The Hall–Kier alpha value is -2.24. The molecule has 0 saturated heterocycles. The van der Waals surface area contributed by atoms with Gasteiger partial charge in [-0.25, -0.2) is 0 Å². The molecule has 1 amide bonds. The second-order valence-corrected chi connectivity index (χ2v) is 7.02. The molecule has 1 atom stereocenters. The summed E-state index contributed by atoms with van der Waals surface area (Å²) in [6, 6.07) is 8.81. The number of H-pyrrole nitrogens is 1. The molecular weight excluding hydrogens is 302 g/mol. The van der Waals surface area contributed by atoms with Crippen LogP contribution in [0.4, 0.5) is 0 Å². The van der Waals surface area contributed by atoms with Crippen molar-refractivity contribution in [3.05, 3.63) is 41.2 Å². The van der Waals surface area contributed by atoms with Gasteiger partial charge in [-0.2, -0.15) is 5.21 Å². The van der Waals surface area contributed by atoms with E-state index in [0.29, 0.717) is 18.2 Å². The smallest absolute Gasteiger partial charge is 0.220 e. The first-order valence-electron chi connectivity index (χ1n) is 8.91. The molecule has 6 nitrogen and oxygen atoms in total. The van der Waals surface area contributed by atoms with E-state index in [1.807, 2.05) is 0 Å². The molecule has 0 aliphatic heterocycles. The molecule has 0 radical (unpaired) electrons. The number of aromatic nitrogens is 4. The fourth-order valence-corrected chi connectivity index (χ4v) is 3.20. The Labute approximate surface area is 141 Å². The van der Waals surface area contributed by atoms with Crippen molar-refractivity contribution in [2.45, 2.75) is 56.9 Å². The standard InChI is InChI=1S/C18H23N5O/c24-16(19-17(15-10-11-15)18-20-22-23-21-18)3-1-2-12-4-6-13(7-5-12)14-8-9-14/h4-7,14-15,17H,1-3,8-11H2,(H,19,24)(H,20,21,22,23). The minimum Gasteiger partial charge on any atom is -0.346 e. The van der Waals surface area contributed by atoms with Crippen LogP contribution in [0.2, 0.25) is 0 Å². The molecule has 2 fully saturated rings. The van der Waals surface area contributed by atoms with Gasteiger partial charge < -0.3 is 5.32 Å². The Kier molecular flexibility index (Phi) is 4.28. The summed E-state index contributed by atoms with van der Waals surface area (Å²) in [5.41, 5.74) is 2.77. The lowest BCUT2D eigenvalue weighted by Gasteiger charge is -2.14. The third-order valence-electron chi connectivity index (χ3n) is 4.95. The highest BCUT2D eigenvalue weighted by atomic mass is 16.1. The van der Waals surface area contributed by atoms with E-state index in [4.69, 9.17) is 0 Å². The number of carbonyl (C=O) groups is 1. The fraction of sp³-hybridized carbons (Fsp3) is 0.556. The minimum atomic E-state index is -0.0888. The molecule has 2 saturated carbocycles. The zero-order valence-corrected chi connectivity index (χ0v) is 13.7. The van der Waals surface area contributed by atoms with E-state index in [0.717, 1.165) is 31.6 Å². The van der Waals surface area contributed by atoms with E-state index >= 15 is 0 Å². The van der Waals surface area contributed by atoms with Crippen LogP contribution < -0.4 is 5.32 Å². The summed E-state index contributed by atoms with van der Waals surface area (Å²) in [5.74, 6) is 1.93. The highest BCUT2D eigenvalue weighted by Gasteiger charge is 2.35. The average molecular weight is 325 g/mol. The first kappa shape index (κ1) is 15.3. The molecule has 126 valence electrons. The molecule has 6 heteroatoms. The minimum absolute atomic E-state index is 0.0753. The molecule has 0 spiro atoms. The number of tetrazole rings is 1. The molecule has 4 rings (SSSR count).